The van der Waals surface area contributed by atoms with Crippen LogP contribution in [-0.2, 0) is 9.09 Å². The van der Waals surface area contributed by atoms with Gasteiger partial charge in [-0.3, -0.25) is 4.52 Å². The zero-order valence-electron chi connectivity index (χ0n) is 6.91. The lowest BCUT2D eigenvalue weighted by Crippen LogP contribution is -2.31. The Morgan fingerprint density at radius 3 is 2.23 bits per heavy atom. The number of phosphoric acid groups is 1. The van der Waals surface area contributed by atoms with Crippen LogP contribution in [0.5, 0.6) is 0 Å². The van der Waals surface area contributed by atoms with Crippen molar-refractivity contribution >= 4 is 7.82 Å². The van der Waals surface area contributed by atoms with E-state index in [4.69, 9.17) is 25.7 Å². The first-order valence-electron chi connectivity index (χ1n) is 3.63. The van der Waals surface area contributed by atoms with Crippen LogP contribution in [0.1, 0.15) is 6.42 Å². The Balaban J connectivity index is 3.73. The number of aliphatic hydroxyl groups is 2. The van der Waals surface area contributed by atoms with Crippen LogP contribution in [0.2, 0.25) is 0 Å². The third-order valence-corrected chi connectivity index (χ3v) is 1.81. The Bertz CT molecular complexity index is 182. The summed E-state index contributed by atoms with van der Waals surface area (Å²) in [6.07, 6.45) is -2.32. The van der Waals surface area contributed by atoms with Gasteiger partial charge in [0.25, 0.3) is 0 Å². The molecule has 0 fully saturated rings. The summed E-state index contributed by atoms with van der Waals surface area (Å²) < 4.78 is 14.1. The van der Waals surface area contributed by atoms with Crippen LogP contribution in [0.25, 0.3) is 0 Å². The highest BCUT2D eigenvalue weighted by Crippen LogP contribution is 2.35. The van der Waals surface area contributed by atoms with E-state index < -0.39 is 26.6 Å². The summed E-state index contributed by atoms with van der Waals surface area (Å²) in [6, 6.07) is 0. The molecule has 2 unspecified atom stereocenters. The zero-order chi connectivity index (χ0) is 10.5. The number of phosphoric ester groups is 1. The molecule has 0 saturated carbocycles. The molecule has 0 saturated heterocycles. The molecule has 80 valence electrons. The molecule has 0 aliphatic carbocycles. The Morgan fingerprint density at radius 1 is 1.31 bits per heavy atom. The van der Waals surface area contributed by atoms with Crippen molar-refractivity contribution in [2.75, 3.05) is 13.2 Å². The van der Waals surface area contributed by atoms with Crippen LogP contribution in [0, 0.1) is 0 Å². The number of nitrogens with two attached hydrogens (primary N) is 1. The van der Waals surface area contributed by atoms with E-state index in [9.17, 15) is 4.57 Å². The fourth-order valence-corrected chi connectivity index (χ4v) is 0.995. The number of aliphatic hydroxyl groups excluding tert-OH is 2. The van der Waals surface area contributed by atoms with Gasteiger partial charge in [-0.05, 0) is 13.0 Å². The summed E-state index contributed by atoms with van der Waals surface area (Å²) in [7, 11) is -4.58. The predicted molar refractivity (Wildman–Crippen MR) is 43.7 cm³/mol. The minimum atomic E-state index is -4.58. The molecule has 8 heteroatoms. The second-order valence-corrected chi connectivity index (χ2v) is 3.74. The van der Waals surface area contributed by atoms with E-state index >= 15 is 0 Å². The molecule has 0 aromatic heterocycles. The number of hydrogen-bond acceptors (Lipinski definition) is 5. The summed E-state index contributed by atoms with van der Waals surface area (Å²) in [4.78, 5) is 16.5. The maximum atomic E-state index is 10.2. The van der Waals surface area contributed by atoms with E-state index in [2.05, 4.69) is 4.52 Å². The zero-order valence-corrected chi connectivity index (χ0v) is 7.80. The van der Waals surface area contributed by atoms with Crippen LogP contribution < -0.4 is 5.73 Å². The quantitative estimate of drug-likeness (QED) is 0.329. The van der Waals surface area contributed by atoms with Crippen molar-refractivity contribution in [2.45, 2.75) is 18.6 Å². The third-order valence-electron chi connectivity index (χ3n) is 1.32. The van der Waals surface area contributed by atoms with Crippen molar-refractivity contribution in [3.63, 3.8) is 0 Å². The Kier molecular flexibility index (Phi) is 5.66. The van der Waals surface area contributed by atoms with Crippen LogP contribution in [0.15, 0.2) is 0 Å². The van der Waals surface area contributed by atoms with Gasteiger partial charge in [0.2, 0.25) is 0 Å². The van der Waals surface area contributed by atoms with Crippen LogP contribution >= 0.6 is 7.82 Å². The van der Waals surface area contributed by atoms with Crippen molar-refractivity contribution in [1.82, 2.24) is 0 Å². The van der Waals surface area contributed by atoms with E-state index in [0.717, 1.165) is 0 Å². The molecule has 0 aromatic rings. The van der Waals surface area contributed by atoms with Gasteiger partial charge in [0.05, 0.1) is 12.7 Å². The molecular formula is C5H14NO6P. The molecule has 0 radical (unpaired) electrons. The summed E-state index contributed by atoms with van der Waals surface area (Å²) in [5, 5.41) is 18.1. The molecular weight excluding hydrogens is 201 g/mol. The largest absolute Gasteiger partial charge is 0.469 e. The summed E-state index contributed by atoms with van der Waals surface area (Å²) in [5.41, 5.74) is 5.08. The van der Waals surface area contributed by atoms with Gasteiger partial charge in [-0.15, -0.1) is 0 Å². The van der Waals surface area contributed by atoms with E-state index in [1.807, 2.05) is 0 Å². The van der Waals surface area contributed by atoms with Gasteiger partial charge >= 0.3 is 7.82 Å². The Hall–Kier alpha value is -0.0100. The predicted octanol–water partition coefficient (Wildman–Crippen LogP) is -1.83. The van der Waals surface area contributed by atoms with E-state index in [1.165, 1.54) is 0 Å². The maximum Gasteiger partial charge on any atom is 0.469 e. The number of rotatable bonds is 6. The lowest BCUT2D eigenvalue weighted by atomic mass is 10.1. The molecule has 0 spiro atoms. The van der Waals surface area contributed by atoms with Crippen LogP contribution in [-0.4, -0.2) is 45.4 Å². The van der Waals surface area contributed by atoms with Crippen molar-refractivity contribution in [3.8, 4) is 0 Å². The van der Waals surface area contributed by atoms with Crippen molar-refractivity contribution in [2.24, 2.45) is 5.73 Å². The van der Waals surface area contributed by atoms with Gasteiger partial charge in [0.15, 0.2) is 0 Å². The van der Waals surface area contributed by atoms with Gasteiger partial charge in [0.1, 0.15) is 6.10 Å². The fourth-order valence-electron chi connectivity index (χ4n) is 0.648. The SMILES string of the molecule is NCCC(O)C(O)COP(=O)(O)O. The fraction of sp³-hybridized carbons (Fsp3) is 1.00. The Labute approximate surface area is 75.4 Å². The second kappa shape index (κ2) is 5.66. The minimum Gasteiger partial charge on any atom is -0.390 e. The molecule has 0 aromatic carbocycles. The molecule has 7 nitrogen and oxygen atoms in total. The van der Waals surface area contributed by atoms with Crippen LogP contribution in [0.4, 0.5) is 0 Å². The topological polar surface area (TPSA) is 133 Å². The van der Waals surface area contributed by atoms with Crippen molar-refractivity contribution < 1.29 is 29.1 Å². The standard InChI is InChI=1S/C5H14NO6P/c6-2-1-4(7)5(8)3-12-13(9,10)11/h4-5,7-8H,1-3,6H2,(H2,9,10,11). The average molecular weight is 215 g/mol. The van der Waals surface area contributed by atoms with Gasteiger partial charge in [-0.1, -0.05) is 0 Å². The monoisotopic (exact) mass is 215 g/mol. The summed E-state index contributed by atoms with van der Waals surface area (Å²) >= 11 is 0. The molecule has 0 heterocycles. The first-order valence-corrected chi connectivity index (χ1v) is 5.16. The molecule has 0 bridgehead atoms. The van der Waals surface area contributed by atoms with Gasteiger partial charge in [0, 0.05) is 0 Å². The molecule has 0 rings (SSSR count). The lowest BCUT2D eigenvalue weighted by molar-refractivity contribution is -0.0159. The van der Waals surface area contributed by atoms with Crippen LogP contribution in [0.3, 0.4) is 0 Å². The van der Waals surface area contributed by atoms with Gasteiger partial charge < -0.3 is 25.7 Å². The highest BCUT2D eigenvalue weighted by Gasteiger charge is 2.21. The van der Waals surface area contributed by atoms with E-state index in [-0.39, 0.29) is 13.0 Å². The highest BCUT2D eigenvalue weighted by molar-refractivity contribution is 7.46. The second-order valence-electron chi connectivity index (χ2n) is 2.50. The van der Waals surface area contributed by atoms with Crippen molar-refractivity contribution in [1.29, 1.82) is 0 Å². The molecule has 6 N–H and O–H groups in total. The molecule has 2 atom stereocenters. The average Bonchev–Trinajstić information content (AvgIpc) is 1.99. The summed E-state index contributed by atoms with van der Waals surface area (Å²) in [6.45, 7) is -0.445. The lowest BCUT2D eigenvalue weighted by Gasteiger charge is -2.16. The molecule has 0 aliphatic heterocycles. The molecule has 0 amide bonds. The first-order chi connectivity index (χ1) is 5.87. The van der Waals surface area contributed by atoms with Crippen molar-refractivity contribution in [3.05, 3.63) is 0 Å². The summed E-state index contributed by atoms with van der Waals surface area (Å²) in [5.74, 6) is 0. The maximum absolute atomic E-state index is 10.2. The van der Waals surface area contributed by atoms with E-state index in [0.29, 0.717) is 0 Å². The third kappa shape index (κ3) is 7.09. The highest BCUT2D eigenvalue weighted by atomic mass is 31.2. The minimum absolute atomic E-state index is 0.145. The smallest absolute Gasteiger partial charge is 0.390 e. The van der Waals surface area contributed by atoms with E-state index in [1.54, 1.807) is 0 Å². The normalized spacial score (nSPS) is 17.0. The van der Waals surface area contributed by atoms with Gasteiger partial charge in [-0.25, -0.2) is 4.57 Å². The molecule has 0 aliphatic rings. The first kappa shape index (κ1) is 13.0. The Morgan fingerprint density at radius 2 is 1.85 bits per heavy atom. The molecule has 13 heavy (non-hydrogen) atoms. The number of hydrogen-bond donors (Lipinski definition) is 5. The van der Waals surface area contributed by atoms with Gasteiger partial charge in [-0.2, -0.15) is 0 Å².